The van der Waals surface area contributed by atoms with Crippen molar-refractivity contribution in [2.75, 3.05) is 7.11 Å². The van der Waals surface area contributed by atoms with Crippen molar-refractivity contribution in [3.05, 3.63) is 42.0 Å². The Balaban J connectivity index is 2.15. The first-order valence-electron chi connectivity index (χ1n) is 6.31. The summed E-state index contributed by atoms with van der Waals surface area (Å²) in [5.74, 6) is 1.43. The van der Waals surface area contributed by atoms with Crippen molar-refractivity contribution in [2.24, 2.45) is 0 Å². The van der Waals surface area contributed by atoms with Crippen LogP contribution in [0.4, 0.5) is 0 Å². The van der Waals surface area contributed by atoms with Gasteiger partial charge < -0.3 is 9.72 Å². The van der Waals surface area contributed by atoms with Gasteiger partial charge in [0.25, 0.3) is 0 Å². The first kappa shape index (κ1) is 11.7. The van der Waals surface area contributed by atoms with Crippen molar-refractivity contribution in [3.8, 4) is 17.3 Å². The van der Waals surface area contributed by atoms with Crippen LogP contribution in [0.2, 0.25) is 0 Å². The van der Waals surface area contributed by atoms with Gasteiger partial charge in [0.2, 0.25) is 5.88 Å². The average Bonchev–Trinajstić information content (AvgIpc) is 2.89. The van der Waals surface area contributed by atoms with Gasteiger partial charge in [0.15, 0.2) is 5.65 Å². The number of H-pyrrole nitrogens is 1. The van der Waals surface area contributed by atoms with Crippen LogP contribution in [0.5, 0.6) is 5.88 Å². The summed E-state index contributed by atoms with van der Waals surface area (Å²) in [7, 11) is 1.61. The van der Waals surface area contributed by atoms with E-state index >= 15 is 0 Å². The molecule has 2 heterocycles. The second-order valence-electron chi connectivity index (χ2n) is 4.32. The van der Waals surface area contributed by atoms with E-state index in [9.17, 15) is 0 Å². The van der Waals surface area contributed by atoms with Crippen LogP contribution in [0.3, 0.4) is 0 Å². The molecule has 3 aromatic rings. The maximum absolute atomic E-state index is 5.12. The molecule has 19 heavy (non-hydrogen) atoms. The fourth-order valence-corrected chi connectivity index (χ4v) is 2.18. The molecule has 1 N–H and O–H groups in total. The predicted molar refractivity (Wildman–Crippen MR) is 75.3 cm³/mol. The van der Waals surface area contributed by atoms with Crippen LogP contribution in [0.25, 0.3) is 22.6 Å². The van der Waals surface area contributed by atoms with Gasteiger partial charge in [-0.1, -0.05) is 31.2 Å². The zero-order chi connectivity index (χ0) is 13.2. The number of nitrogens with one attached hydrogen (secondary N) is 1. The molecule has 0 aliphatic rings. The number of fused-ring (bicyclic) bond motifs is 1. The van der Waals surface area contributed by atoms with E-state index in [4.69, 9.17) is 4.74 Å². The van der Waals surface area contributed by atoms with Crippen molar-refractivity contribution in [1.82, 2.24) is 15.0 Å². The molecule has 4 nitrogen and oxygen atoms in total. The molecule has 3 rings (SSSR count). The van der Waals surface area contributed by atoms with Crippen molar-refractivity contribution in [1.29, 1.82) is 0 Å². The Labute approximate surface area is 111 Å². The molecule has 0 amide bonds. The molecule has 0 spiro atoms. The average molecular weight is 253 g/mol. The second-order valence-corrected chi connectivity index (χ2v) is 4.32. The quantitative estimate of drug-likeness (QED) is 0.779. The number of aryl methyl sites for hydroxylation is 1. The van der Waals surface area contributed by atoms with Gasteiger partial charge in [0.05, 0.1) is 12.6 Å². The molecule has 0 unspecified atom stereocenters. The van der Waals surface area contributed by atoms with Gasteiger partial charge in [0.1, 0.15) is 5.82 Å². The van der Waals surface area contributed by atoms with Crippen LogP contribution in [0.15, 0.2) is 36.4 Å². The normalized spacial score (nSPS) is 10.8. The largest absolute Gasteiger partial charge is 0.481 e. The molecule has 0 aliphatic heterocycles. The topological polar surface area (TPSA) is 50.8 Å². The summed E-state index contributed by atoms with van der Waals surface area (Å²) in [4.78, 5) is 12.2. The molecule has 0 saturated heterocycles. The molecular formula is C15H15N3O. The van der Waals surface area contributed by atoms with Crippen LogP contribution in [0, 0.1) is 0 Å². The molecule has 0 bridgehead atoms. The molecule has 1 aromatic carbocycles. The summed E-state index contributed by atoms with van der Waals surface area (Å²) >= 11 is 0. The molecule has 0 saturated carbocycles. The lowest BCUT2D eigenvalue weighted by Crippen LogP contribution is -1.88. The van der Waals surface area contributed by atoms with Gasteiger partial charge in [-0.3, -0.25) is 0 Å². The second kappa shape index (κ2) is 4.72. The maximum Gasteiger partial charge on any atom is 0.215 e. The molecule has 0 aliphatic carbocycles. The number of nitrogens with zero attached hydrogens (tertiary/aromatic N) is 2. The number of ether oxygens (including phenoxy) is 1. The summed E-state index contributed by atoms with van der Waals surface area (Å²) in [6, 6.07) is 12.0. The Hall–Kier alpha value is -2.36. The van der Waals surface area contributed by atoms with Gasteiger partial charge >= 0.3 is 0 Å². The lowest BCUT2D eigenvalue weighted by molar-refractivity contribution is 0.399. The van der Waals surface area contributed by atoms with E-state index in [1.807, 2.05) is 24.3 Å². The number of imidazole rings is 1. The summed E-state index contributed by atoms with van der Waals surface area (Å²) in [5.41, 5.74) is 4.00. The van der Waals surface area contributed by atoms with Gasteiger partial charge in [0, 0.05) is 11.6 Å². The summed E-state index contributed by atoms with van der Waals surface area (Å²) in [6.07, 6.45) is 0.976. The third-order valence-corrected chi connectivity index (χ3v) is 3.18. The highest BCUT2D eigenvalue weighted by Gasteiger charge is 2.09. The Kier molecular flexibility index (Phi) is 2.91. The minimum atomic E-state index is 0.578. The summed E-state index contributed by atoms with van der Waals surface area (Å²) in [6.45, 7) is 2.14. The number of aromatic nitrogens is 3. The number of hydrogen-bond donors (Lipinski definition) is 1. The lowest BCUT2D eigenvalue weighted by Gasteiger charge is -2.03. The summed E-state index contributed by atoms with van der Waals surface area (Å²) in [5, 5.41) is 0. The number of benzene rings is 1. The molecule has 96 valence electrons. The first-order valence-corrected chi connectivity index (χ1v) is 6.31. The third-order valence-electron chi connectivity index (χ3n) is 3.18. The Morgan fingerprint density at radius 2 is 1.95 bits per heavy atom. The Bertz CT molecular complexity index is 718. The van der Waals surface area contributed by atoms with Crippen LogP contribution in [-0.4, -0.2) is 22.1 Å². The SMILES string of the molecule is CCc1ccccc1-c1nc2nc(OC)ccc2[nH]1. The predicted octanol–water partition coefficient (Wildman–Crippen LogP) is 3.20. The Morgan fingerprint density at radius 1 is 1.11 bits per heavy atom. The smallest absolute Gasteiger partial charge is 0.215 e. The highest BCUT2D eigenvalue weighted by atomic mass is 16.5. The zero-order valence-corrected chi connectivity index (χ0v) is 11.0. The lowest BCUT2D eigenvalue weighted by atomic mass is 10.1. The number of hydrogen-bond acceptors (Lipinski definition) is 3. The van der Waals surface area contributed by atoms with E-state index in [1.54, 1.807) is 7.11 Å². The molecule has 4 heteroatoms. The van der Waals surface area contributed by atoms with Crippen LogP contribution in [-0.2, 0) is 6.42 Å². The molecular weight excluding hydrogens is 238 g/mol. The van der Waals surface area contributed by atoms with Crippen molar-refractivity contribution in [3.63, 3.8) is 0 Å². The minimum Gasteiger partial charge on any atom is -0.481 e. The molecule has 0 atom stereocenters. The standard InChI is InChI=1S/C15H15N3O/c1-3-10-6-4-5-7-11(10)14-16-12-8-9-13(19-2)17-15(12)18-14/h4-9H,3H2,1-2H3,(H,16,17,18). The number of methoxy groups -OCH3 is 1. The Morgan fingerprint density at radius 3 is 2.74 bits per heavy atom. The van der Waals surface area contributed by atoms with Gasteiger partial charge in [-0.15, -0.1) is 0 Å². The monoisotopic (exact) mass is 253 g/mol. The third kappa shape index (κ3) is 2.05. The van der Waals surface area contributed by atoms with E-state index in [-0.39, 0.29) is 0 Å². The van der Waals surface area contributed by atoms with E-state index in [0.29, 0.717) is 11.5 Å². The van der Waals surface area contributed by atoms with Crippen molar-refractivity contribution >= 4 is 11.2 Å². The van der Waals surface area contributed by atoms with E-state index < -0.39 is 0 Å². The fourth-order valence-electron chi connectivity index (χ4n) is 2.18. The number of aromatic amines is 1. The van der Waals surface area contributed by atoms with Crippen molar-refractivity contribution in [2.45, 2.75) is 13.3 Å². The highest BCUT2D eigenvalue weighted by molar-refractivity contribution is 5.77. The zero-order valence-electron chi connectivity index (χ0n) is 11.0. The van der Waals surface area contributed by atoms with Crippen LogP contribution in [0.1, 0.15) is 12.5 Å². The number of rotatable bonds is 3. The molecule has 2 aromatic heterocycles. The fraction of sp³-hybridized carbons (Fsp3) is 0.200. The number of pyridine rings is 1. The van der Waals surface area contributed by atoms with Gasteiger partial charge in [-0.05, 0) is 18.1 Å². The van der Waals surface area contributed by atoms with Crippen molar-refractivity contribution < 1.29 is 4.74 Å². The van der Waals surface area contributed by atoms with E-state index in [2.05, 4.69) is 34.0 Å². The van der Waals surface area contributed by atoms with Gasteiger partial charge in [-0.25, -0.2) is 4.98 Å². The maximum atomic E-state index is 5.12. The van der Waals surface area contributed by atoms with Crippen LogP contribution < -0.4 is 4.74 Å². The van der Waals surface area contributed by atoms with Gasteiger partial charge in [-0.2, -0.15) is 4.98 Å². The molecule has 0 fully saturated rings. The van der Waals surface area contributed by atoms with Crippen LogP contribution >= 0.6 is 0 Å². The highest BCUT2D eigenvalue weighted by Crippen LogP contribution is 2.24. The van der Waals surface area contributed by atoms with E-state index in [1.165, 1.54) is 5.56 Å². The molecule has 0 radical (unpaired) electrons. The summed E-state index contributed by atoms with van der Waals surface area (Å²) < 4.78 is 5.12. The minimum absolute atomic E-state index is 0.578. The first-order chi connectivity index (χ1) is 9.31. The van der Waals surface area contributed by atoms with E-state index in [0.717, 1.165) is 23.3 Å².